The van der Waals surface area contributed by atoms with Gasteiger partial charge in [0.1, 0.15) is 0 Å². The van der Waals surface area contributed by atoms with Crippen LogP contribution in [0.5, 0.6) is 11.8 Å². The third-order valence-corrected chi connectivity index (χ3v) is 9.53. The average molecular weight is 801 g/mol. The van der Waals surface area contributed by atoms with E-state index in [1.165, 1.54) is 5.56 Å². The molecule has 0 aliphatic rings. The van der Waals surface area contributed by atoms with E-state index < -0.39 is 0 Å². The third-order valence-electron chi connectivity index (χ3n) is 7.52. The summed E-state index contributed by atoms with van der Waals surface area (Å²) in [5.41, 5.74) is 6.17. The zero-order chi connectivity index (χ0) is 32.0. The van der Waals surface area contributed by atoms with E-state index in [-0.39, 0.29) is 10.9 Å². The molecule has 2 atom stereocenters. The highest BCUT2D eigenvalue weighted by molar-refractivity contribution is 9.10. The van der Waals surface area contributed by atoms with E-state index in [2.05, 4.69) is 111 Å². The highest BCUT2D eigenvalue weighted by Gasteiger charge is 2.22. The Balaban J connectivity index is 0.000000164. The molecule has 0 aliphatic carbocycles. The Morgan fingerprint density at radius 2 is 1.15 bits per heavy atom. The number of nitrogens with zero attached hydrogens (tertiary/aromatic N) is 4. The van der Waals surface area contributed by atoms with E-state index >= 15 is 0 Å². The van der Waals surface area contributed by atoms with Crippen molar-refractivity contribution >= 4 is 69.6 Å². The van der Waals surface area contributed by atoms with Crippen LogP contribution in [-0.4, -0.2) is 33.7 Å². The quantitative estimate of drug-likeness (QED) is 0.150. The molecule has 0 radical (unpaired) electrons. The van der Waals surface area contributed by atoms with Crippen LogP contribution >= 0.6 is 47.8 Å². The van der Waals surface area contributed by atoms with Gasteiger partial charge in [0.25, 0.3) is 0 Å². The van der Waals surface area contributed by atoms with E-state index in [0.717, 1.165) is 47.4 Å². The number of pyridine rings is 2. The second-order valence-corrected chi connectivity index (χ2v) is 13.2. The first-order valence-corrected chi connectivity index (χ1v) is 16.9. The SMILES string of the molecule is COc1nc2ccc(Br)cc2cc1C(Br)c1ccccc1.COc1nc2ccc(Br)cc2cc1C(c1ccccc1)n1ccnc1. The summed E-state index contributed by atoms with van der Waals surface area (Å²) < 4.78 is 15.2. The number of benzene rings is 4. The van der Waals surface area contributed by atoms with Gasteiger partial charge in [-0.3, -0.25) is 0 Å². The lowest BCUT2D eigenvalue weighted by atomic mass is 9.98. The van der Waals surface area contributed by atoms with Gasteiger partial charge in [-0.25, -0.2) is 15.0 Å². The van der Waals surface area contributed by atoms with Crippen molar-refractivity contribution in [3.05, 3.63) is 159 Å². The standard InChI is InChI=1S/C20H16BrN3O.C17H13Br2NO/c1-25-20-17(12-15-11-16(21)7-8-18(15)23-20)19(24-10-9-22-13-24)14-5-3-2-4-6-14;1-21-17-14(16(19)11-5-3-2-4-6-11)10-12-9-13(18)7-8-15(12)20-17/h2-13,19H,1H3;2-10,16H,1H3. The Bertz CT molecular complexity index is 2070. The minimum absolute atomic E-state index is 0.0459. The fraction of sp³-hybridized carbons (Fsp3) is 0.108. The first-order valence-electron chi connectivity index (χ1n) is 14.4. The number of hydrogen-bond acceptors (Lipinski definition) is 5. The molecule has 230 valence electrons. The van der Waals surface area contributed by atoms with Gasteiger partial charge in [0.05, 0.1) is 42.4 Å². The van der Waals surface area contributed by atoms with Crippen molar-refractivity contribution in [2.45, 2.75) is 10.9 Å². The highest BCUT2D eigenvalue weighted by atomic mass is 79.9. The number of alkyl halides is 1. The molecule has 3 heterocycles. The van der Waals surface area contributed by atoms with E-state index in [1.807, 2.05) is 73.2 Å². The van der Waals surface area contributed by atoms with Gasteiger partial charge in [0, 0.05) is 43.2 Å². The molecule has 0 saturated carbocycles. The molecule has 0 amide bonds. The maximum atomic E-state index is 5.63. The lowest BCUT2D eigenvalue weighted by Crippen LogP contribution is -2.12. The normalized spacial score (nSPS) is 12.3. The molecule has 7 aromatic rings. The molecule has 4 aromatic carbocycles. The molecule has 0 fully saturated rings. The van der Waals surface area contributed by atoms with Crippen LogP contribution in [0.25, 0.3) is 21.8 Å². The number of halogens is 3. The van der Waals surface area contributed by atoms with E-state index in [0.29, 0.717) is 11.8 Å². The van der Waals surface area contributed by atoms with Gasteiger partial charge >= 0.3 is 0 Å². The van der Waals surface area contributed by atoms with Gasteiger partial charge in [-0.1, -0.05) is 108 Å². The number of fused-ring (bicyclic) bond motifs is 2. The zero-order valence-corrected chi connectivity index (χ0v) is 29.8. The minimum atomic E-state index is -0.0606. The van der Waals surface area contributed by atoms with Gasteiger partial charge in [-0.15, -0.1) is 0 Å². The summed E-state index contributed by atoms with van der Waals surface area (Å²) in [7, 11) is 3.31. The molecule has 9 heteroatoms. The molecule has 0 aliphatic heterocycles. The van der Waals surface area contributed by atoms with Crippen LogP contribution in [0.3, 0.4) is 0 Å². The molecule has 6 nitrogen and oxygen atoms in total. The maximum Gasteiger partial charge on any atom is 0.219 e. The Hall–Kier alpha value is -4.05. The summed E-state index contributed by atoms with van der Waals surface area (Å²) in [6.07, 6.45) is 5.57. The van der Waals surface area contributed by atoms with Crippen LogP contribution in [0, 0.1) is 0 Å². The summed E-state index contributed by atoms with van der Waals surface area (Å²) in [4.78, 5) is 13.6. The van der Waals surface area contributed by atoms with Crippen molar-refractivity contribution in [3.8, 4) is 11.8 Å². The van der Waals surface area contributed by atoms with Crippen molar-refractivity contribution < 1.29 is 9.47 Å². The first-order chi connectivity index (χ1) is 22.4. The Labute approximate surface area is 292 Å². The van der Waals surface area contributed by atoms with E-state index in [9.17, 15) is 0 Å². The second-order valence-electron chi connectivity index (χ2n) is 10.4. The number of rotatable bonds is 7. The van der Waals surface area contributed by atoms with E-state index in [1.54, 1.807) is 20.4 Å². The predicted molar refractivity (Wildman–Crippen MR) is 195 cm³/mol. The van der Waals surface area contributed by atoms with E-state index in [4.69, 9.17) is 14.5 Å². The molecule has 46 heavy (non-hydrogen) atoms. The molecule has 0 N–H and O–H groups in total. The zero-order valence-electron chi connectivity index (χ0n) is 25.0. The van der Waals surface area contributed by atoms with Crippen molar-refractivity contribution in [3.63, 3.8) is 0 Å². The fourth-order valence-electron chi connectivity index (χ4n) is 5.37. The molecule has 2 unspecified atom stereocenters. The maximum absolute atomic E-state index is 5.63. The minimum Gasteiger partial charge on any atom is -0.481 e. The predicted octanol–water partition coefficient (Wildman–Crippen LogP) is 10.3. The summed E-state index contributed by atoms with van der Waals surface area (Å²) in [5, 5.41) is 2.15. The third kappa shape index (κ3) is 7.02. The smallest absolute Gasteiger partial charge is 0.219 e. The van der Waals surface area contributed by atoms with Gasteiger partial charge in [0.15, 0.2) is 0 Å². The molecule has 0 spiro atoms. The molecular formula is C37H29Br3N4O2. The summed E-state index contributed by atoms with van der Waals surface area (Å²) in [5.74, 6) is 1.27. The van der Waals surface area contributed by atoms with Crippen molar-refractivity contribution in [1.82, 2.24) is 19.5 Å². The highest BCUT2D eigenvalue weighted by Crippen LogP contribution is 2.38. The number of imidazole rings is 1. The lowest BCUT2D eigenvalue weighted by molar-refractivity contribution is 0.390. The molecule has 0 bridgehead atoms. The van der Waals surface area contributed by atoms with Gasteiger partial charge < -0.3 is 14.0 Å². The summed E-state index contributed by atoms with van der Waals surface area (Å²) in [6, 6.07) is 36.8. The van der Waals surface area contributed by atoms with Gasteiger partial charge in [-0.05, 0) is 59.7 Å². The Morgan fingerprint density at radius 3 is 1.67 bits per heavy atom. The number of ether oxygens (including phenoxy) is 2. The fourth-order valence-corrected chi connectivity index (χ4v) is 6.76. The summed E-state index contributed by atoms with van der Waals surface area (Å²) in [6.45, 7) is 0. The first kappa shape index (κ1) is 31.9. The van der Waals surface area contributed by atoms with Crippen molar-refractivity contribution in [1.29, 1.82) is 0 Å². The van der Waals surface area contributed by atoms with Gasteiger partial charge in [0.2, 0.25) is 11.8 Å². The topological polar surface area (TPSA) is 62.1 Å². The molecule has 0 saturated heterocycles. The number of aromatic nitrogens is 4. The van der Waals surface area contributed by atoms with Crippen LogP contribution in [0.1, 0.15) is 33.1 Å². The van der Waals surface area contributed by atoms with Crippen molar-refractivity contribution in [2.75, 3.05) is 14.2 Å². The monoisotopic (exact) mass is 798 g/mol. The van der Waals surface area contributed by atoms with Gasteiger partial charge in [-0.2, -0.15) is 0 Å². The Kier molecular flexibility index (Phi) is 10.1. The molecule has 3 aromatic heterocycles. The van der Waals surface area contributed by atoms with Crippen LogP contribution in [0.4, 0.5) is 0 Å². The molecule has 7 rings (SSSR count). The number of methoxy groups -OCH3 is 2. The van der Waals surface area contributed by atoms with Crippen LogP contribution in [0.15, 0.2) is 137 Å². The lowest BCUT2D eigenvalue weighted by Gasteiger charge is -2.22. The molecular weight excluding hydrogens is 772 g/mol. The van der Waals surface area contributed by atoms with Crippen LogP contribution in [0.2, 0.25) is 0 Å². The van der Waals surface area contributed by atoms with Crippen LogP contribution < -0.4 is 9.47 Å². The second kappa shape index (κ2) is 14.6. The largest absolute Gasteiger partial charge is 0.481 e. The Morgan fingerprint density at radius 1 is 0.630 bits per heavy atom. The van der Waals surface area contributed by atoms with Crippen molar-refractivity contribution in [2.24, 2.45) is 0 Å². The van der Waals surface area contributed by atoms with Crippen LogP contribution in [-0.2, 0) is 0 Å². The number of hydrogen-bond donors (Lipinski definition) is 0. The summed E-state index contributed by atoms with van der Waals surface area (Å²) >= 11 is 10.8. The average Bonchev–Trinajstić information content (AvgIpc) is 3.63.